The Balaban J connectivity index is 2.09. The molecule has 3 aromatic carbocycles. The number of rotatable bonds is 13. The van der Waals surface area contributed by atoms with Crippen LogP contribution in [0.1, 0.15) is 38.3 Å². The topological polar surface area (TPSA) is 96.0 Å². The van der Waals surface area contributed by atoms with Gasteiger partial charge < -0.3 is 15.0 Å². The third kappa shape index (κ3) is 8.24. The molecule has 10 heteroatoms. The van der Waals surface area contributed by atoms with E-state index in [1.165, 1.54) is 23.1 Å². The summed E-state index contributed by atoms with van der Waals surface area (Å²) in [6.45, 7) is 7.55. The first-order valence-corrected chi connectivity index (χ1v) is 15.3. The van der Waals surface area contributed by atoms with Crippen molar-refractivity contribution in [1.29, 1.82) is 0 Å². The first-order valence-electron chi connectivity index (χ1n) is 13.5. The molecule has 3 aromatic rings. The second-order valence-electron chi connectivity index (χ2n) is 10.2. The maximum absolute atomic E-state index is 14.2. The molecule has 0 heterocycles. The summed E-state index contributed by atoms with van der Waals surface area (Å²) in [5.74, 6) is -0.00144. The predicted octanol–water partition coefficient (Wildman–Crippen LogP) is 5.43. The number of anilines is 1. The van der Waals surface area contributed by atoms with Gasteiger partial charge in [0.05, 0.1) is 17.7 Å². The Morgan fingerprint density at radius 2 is 1.71 bits per heavy atom. The molecule has 1 N–H and O–H groups in total. The van der Waals surface area contributed by atoms with Crippen molar-refractivity contribution in [2.24, 2.45) is 5.92 Å². The molecule has 0 radical (unpaired) electrons. The number of carbonyl (C=O) groups is 2. The third-order valence-corrected chi connectivity index (χ3v) is 8.62. The second kappa shape index (κ2) is 14.4. The Kier molecular flexibility index (Phi) is 11.2. The minimum absolute atomic E-state index is 0.0354. The van der Waals surface area contributed by atoms with Gasteiger partial charge in [-0.3, -0.25) is 13.9 Å². The highest BCUT2D eigenvalue weighted by molar-refractivity contribution is 7.92. The lowest BCUT2D eigenvalue weighted by Gasteiger charge is -2.33. The average molecular weight is 600 g/mol. The molecule has 3 rings (SSSR count). The highest BCUT2D eigenvalue weighted by Crippen LogP contribution is 2.30. The maximum atomic E-state index is 14.2. The Hall–Kier alpha value is -3.56. The minimum atomic E-state index is -4.17. The van der Waals surface area contributed by atoms with Gasteiger partial charge in [-0.2, -0.15) is 0 Å². The van der Waals surface area contributed by atoms with E-state index in [1.807, 2.05) is 26.8 Å². The minimum Gasteiger partial charge on any atom is -0.497 e. The lowest BCUT2D eigenvalue weighted by Crippen LogP contribution is -2.52. The molecule has 0 saturated heterocycles. The van der Waals surface area contributed by atoms with E-state index in [4.69, 9.17) is 16.3 Å². The van der Waals surface area contributed by atoms with Crippen molar-refractivity contribution < 1.29 is 22.7 Å². The first kappa shape index (κ1) is 32.0. The molecule has 0 aliphatic carbocycles. The molecule has 0 bridgehead atoms. The molecule has 220 valence electrons. The normalized spacial score (nSPS) is 12.1. The standard InChI is InChI=1S/C31H38ClN3O5S/c1-6-28(31(37)33-19-22(2)3)34(20-24-11-10-12-26(17-24)40-5)30(36)21-35(29-18-25(32)16-15-23(29)4)41(38,39)27-13-8-7-9-14-27/h7-18,22,28H,6,19-21H2,1-5H3,(H,33,37)/t28-/m1/s1. The number of halogens is 1. The Labute approximate surface area is 248 Å². The van der Waals surface area contributed by atoms with E-state index in [0.717, 1.165) is 9.87 Å². The Morgan fingerprint density at radius 1 is 1.00 bits per heavy atom. The summed E-state index contributed by atoms with van der Waals surface area (Å²) >= 11 is 6.29. The summed E-state index contributed by atoms with van der Waals surface area (Å²) in [5.41, 5.74) is 1.65. The SMILES string of the molecule is CC[C@H](C(=O)NCC(C)C)N(Cc1cccc(OC)c1)C(=O)CN(c1cc(Cl)ccc1C)S(=O)(=O)c1ccccc1. The van der Waals surface area contributed by atoms with Crippen LogP contribution in [0.4, 0.5) is 5.69 Å². The van der Waals surface area contributed by atoms with E-state index >= 15 is 0 Å². The molecular formula is C31H38ClN3O5S. The van der Waals surface area contributed by atoms with Gasteiger partial charge in [-0.05, 0) is 66.8 Å². The molecular weight excluding hydrogens is 562 g/mol. The van der Waals surface area contributed by atoms with Gasteiger partial charge in [-0.15, -0.1) is 0 Å². The third-order valence-electron chi connectivity index (χ3n) is 6.61. The van der Waals surface area contributed by atoms with Gasteiger partial charge >= 0.3 is 0 Å². The summed E-state index contributed by atoms with van der Waals surface area (Å²) in [4.78, 5) is 29.0. The molecule has 0 spiro atoms. The van der Waals surface area contributed by atoms with Crippen LogP contribution in [0.15, 0.2) is 77.7 Å². The molecule has 0 unspecified atom stereocenters. The number of aryl methyl sites for hydroxylation is 1. The zero-order valence-corrected chi connectivity index (χ0v) is 25.7. The number of nitrogens with one attached hydrogen (secondary N) is 1. The van der Waals surface area contributed by atoms with Crippen molar-refractivity contribution in [3.8, 4) is 5.75 Å². The zero-order chi connectivity index (χ0) is 30.2. The largest absolute Gasteiger partial charge is 0.497 e. The van der Waals surface area contributed by atoms with Crippen molar-refractivity contribution in [3.05, 3.63) is 88.9 Å². The predicted molar refractivity (Wildman–Crippen MR) is 163 cm³/mol. The van der Waals surface area contributed by atoms with Crippen LogP contribution < -0.4 is 14.4 Å². The van der Waals surface area contributed by atoms with Crippen molar-refractivity contribution in [1.82, 2.24) is 10.2 Å². The molecule has 0 saturated carbocycles. The van der Waals surface area contributed by atoms with E-state index in [1.54, 1.807) is 62.6 Å². The fraction of sp³-hybridized carbons (Fsp3) is 0.355. The molecule has 0 fully saturated rings. The highest BCUT2D eigenvalue weighted by atomic mass is 35.5. The summed E-state index contributed by atoms with van der Waals surface area (Å²) in [6, 6.07) is 19.2. The number of nitrogens with zero attached hydrogens (tertiary/aromatic N) is 2. The summed E-state index contributed by atoms with van der Waals surface area (Å²) < 4.78 is 34.4. The van der Waals surface area contributed by atoms with Crippen LogP contribution >= 0.6 is 11.6 Å². The number of carbonyl (C=O) groups excluding carboxylic acids is 2. The van der Waals surface area contributed by atoms with E-state index in [0.29, 0.717) is 29.3 Å². The van der Waals surface area contributed by atoms with Crippen LogP contribution in [-0.2, 0) is 26.2 Å². The number of amides is 2. The van der Waals surface area contributed by atoms with E-state index in [2.05, 4.69) is 5.32 Å². The number of hydrogen-bond acceptors (Lipinski definition) is 5. The Morgan fingerprint density at radius 3 is 2.34 bits per heavy atom. The fourth-order valence-electron chi connectivity index (χ4n) is 4.39. The summed E-state index contributed by atoms with van der Waals surface area (Å²) in [6.07, 6.45) is 0.335. The van der Waals surface area contributed by atoms with E-state index < -0.39 is 28.5 Å². The first-order chi connectivity index (χ1) is 19.5. The van der Waals surface area contributed by atoms with Crippen molar-refractivity contribution >= 4 is 39.1 Å². The summed E-state index contributed by atoms with van der Waals surface area (Å²) in [7, 11) is -2.62. The van der Waals surface area contributed by atoms with Gasteiger partial charge in [0, 0.05) is 18.1 Å². The molecule has 8 nitrogen and oxygen atoms in total. The van der Waals surface area contributed by atoms with Crippen molar-refractivity contribution in [2.45, 2.75) is 51.6 Å². The van der Waals surface area contributed by atoms with Crippen LogP contribution in [0.2, 0.25) is 5.02 Å². The molecule has 0 aliphatic rings. The molecule has 1 atom stereocenters. The van der Waals surface area contributed by atoms with Gasteiger partial charge in [0.25, 0.3) is 10.0 Å². The molecule has 0 aromatic heterocycles. The monoisotopic (exact) mass is 599 g/mol. The van der Waals surface area contributed by atoms with Crippen molar-refractivity contribution in [3.63, 3.8) is 0 Å². The van der Waals surface area contributed by atoms with Crippen LogP contribution in [0.3, 0.4) is 0 Å². The zero-order valence-electron chi connectivity index (χ0n) is 24.1. The van der Waals surface area contributed by atoms with Crippen molar-refractivity contribution in [2.75, 3.05) is 24.5 Å². The molecule has 41 heavy (non-hydrogen) atoms. The van der Waals surface area contributed by atoms with Crippen LogP contribution in [0.25, 0.3) is 0 Å². The average Bonchev–Trinajstić information content (AvgIpc) is 2.96. The van der Waals surface area contributed by atoms with Gasteiger partial charge in [0.15, 0.2) is 0 Å². The second-order valence-corrected chi connectivity index (χ2v) is 12.5. The van der Waals surface area contributed by atoms with Gasteiger partial charge in [0.1, 0.15) is 18.3 Å². The smallest absolute Gasteiger partial charge is 0.264 e. The van der Waals surface area contributed by atoms with Gasteiger partial charge in [-0.25, -0.2) is 8.42 Å². The number of benzene rings is 3. The quantitative estimate of drug-likeness (QED) is 0.283. The van der Waals surface area contributed by atoms with Gasteiger partial charge in [0.2, 0.25) is 11.8 Å². The summed E-state index contributed by atoms with van der Waals surface area (Å²) in [5, 5.41) is 3.26. The fourth-order valence-corrected chi connectivity index (χ4v) is 6.05. The number of methoxy groups -OCH3 is 1. The van der Waals surface area contributed by atoms with E-state index in [-0.39, 0.29) is 29.0 Å². The Bertz CT molecular complexity index is 1450. The van der Waals surface area contributed by atoms with Gasteiger partial charge in [-0.1, -0.05) is 68.8 Å². The number of sulfonamides is 1. The van der Waals surface area contributed by atoms with Crippen LogP contribution in [0.5, 0.6) is 5.75 Å². The molecule has 0 aliphatic heterocycles. The van der Waals surface area contributed by atoms with Crippen LogP contribution in [-0.4, -0.2) is 51.4 Å². The lowest BCUT2D eigenvalue weighted by atomic mass is 10.1. The highest BCUT2D eigenvalue weighted by Gasteiger charge is 2.34. The maximum Gasteiger partial charge on any atom is 0.264 e. The molecule has 2 amide bonds. The lowest BCUT2D eigenvalue weighted by molar-refractivity contribution is -0.140. The number of ether oxygens (including phenoxy) is 1. The van der Waals surface area contributed by atoms with E-state index in [9.17, 15) is 18.0 Å². The van der Waals surface area contributed by atoms with Crippen LogP contribution in [0, 0.1) is 12.8 Å². The number of hydrogen-bond donors (Lipinski definition) is 1.